The van der Waals surface area contributed by atoms with E-state index in [2.05, 4.69) is 19.1 Å². The Hall–Kier alpha value is -3.07. The van der Waals surface area contributed by atoms with Crippen molar-refractivity contribution in [3.63, 3.8) is 0 Å². The van der Waals surface area contributed by atoms with Crippen molar-refractivity contribution < 1.29 is 14.3 Å². The van der Waals surface area contributed by atoms with E-state index < -0.39 is 0 Å². The van der Waals surface area contributed by atoms with Crippen LogP contribution in [0.5, 0.6) is 11.5 Å². The number of rotatable bonds is 8. The molecule has 0 N–H and O–H groups in total. The molecule has 3 nitrogen and oxygen atoms in total. The number of aldehydes is 1. The van der Waals surface area contributed by atoms with Gasteiger partial charge in [0.1, 0.15) is 12.9 Å². The summed E-state index contributed by atoms with van der Waals surface area (Å²) in [6.45, 7) is 3.08. The lowest BCUT2D eigenvalue weighted by atomic mass is 10.0. The van der Waals surface area contributed by atoms with Crippen LogP contribution in [0, 0.1) is 0 Å². The summed E-state index contributed by atoms with van der Waals surface area (Å²) in [7, 11) is 0. The van der Waals surface area contributed by atoms with E-state index in [0.717, 1.165) is 11.8 Å². The van der Waals surface area contributed by atoms with Gasteiger partial charge in [-0.05, 0) is 29.3 Å². The minimum absolute atomic E-state index is 0.254. The van der Waals surface area contributed by atoms with Crippen LogP contribution in [0.3, 0.4) is 0 Å². The topological polar surface area (TPSA) is 35.5 Å². The summed E-state index contributed by atoms with van der Waals surface area (Å²) < 4.78 is 11.9. The molecule has 3 heteroatoms. The first-order valence-electron chi connectivity index (χ1n) is 8.70. The van der Waals surface area contributed by atoms with Gasteiger partial charge in [0.2, 0.25) is 0 Å². The Morgan fingerprint density at radius 3 is 2.23 bits per heavy atom. The number of hydrogen-bond acceptors (Lipinski definition) is 3. The number of carbonyl (C=O) groups is 1. The molecule has 0 spiro atoms. The molecule has 0 aliphatic rings. The molecule has 3 aromatic carbocycles. The van der Waals surface area contributed by atoms with Crippen molar-refractivity contribution in [2.24, 2.45) is 0 Å². The minimum atomic E-state index is 0.254. The monoisotopic (exact) mass is 346 g/mol. The zero-order valence-electron chi connectivity index (χ0n) is 14.8. The first-order valence-corrected chi connectivity index (χ1v) is 8.70. The summed E-state index contributed by atoms with van der Waals surface area (Å²) >= 11 is 0. The van der Waals surface area contributed by atoms with Crippen molar-refractivity contribution in [3.8, 4) is 11.5 Å². The fraction of sp³-hybridized carbons (Fsp3) is 0.174. The van der Waals surface area contributed by atoms with Crippen LogP contribution < -0.4 is 9.47 Å². The Balaban J connectivity index is 1.70. The predicted octanol–water partition coefficient (Wildman–Crippen LogP) is 5.26. The Kier molecular flexibility index (Phi) is 6.05. The van der Waals surface area contributed by atoms with Gasteiger partial charge in [0.25, 0.3) is 0 Å². The van der Waals surface area contributed by atoms with Crippen LogP contribution in [-0.2, 0) is 6.61 Å². The average Bonchev–Trinajstić information content (AvgIpc) is 2.72. The summed E-state index contributed by atoms with van der Waals surface area (Å²) in [5.74, 6) is 1.48. The highest BCUT2D eigenvalue weighted by molar-refractivity contribution is 5.76. The molecule has 0 bridgehead atoms. The van der Waals surface area contributed by atoms with Crippen LogP contribution in [0.15, 0.2) is 78.9 Å². The van der Waals surface area contributed by atoms with Crippen LogP contribution in [0.1, 0.15) is 34.3 Å². The Morgan fingerprint density at radius 1 is 0.846 bits per heavy atom. The van der Waals surface area contributed by atoms with Crippen molar-refractivity contribution in [2.75, 3.05) is 6.61 Å². The van der Waals surface area contributed by atoms with Crippen molar-refractivity contribution in [3.05, 3.63) is 95.6 Å². The van der Waals surface area contributed by atoms with E-state index in [-0.39, 0.29) is 5.92 Å². The van der Waals surface area contributed by atoms with E-state index in [1.165, 1.54) is 5.56 Å². The van der Waals surface area contributed by atoms with Crippen LogP contribution in [-0.4, -0.2) is 12.9 Å². The maximum absolute atomic E-state index is 11.1. The molecule has 0 radical (unpaired) electrons. The molecule has 132 valence electrons. The van der Waals surface area contributed by atoms with Crippen LogP contribution >= 0.6 is 0 Å². The van der Waals surface area contributed by atoms with E-state index >= 15 is 0 Å². The van der Waals surface area contributed by atoms with E-state index in [4.69, 9.17) is 9.47 Å². The van der Waals surface area contributed by atoms with Crippen molar-refractivity contribution in [1.29, 1.82) is 0 Å². The van der Waals surface area contributed by atoms with Crippen LogP contribution in [0.4, 0.5) is 0 Å². The molecule has 0 amide bonds. The lowest BCUT2D eigenvalue weighted by molar-refractivity contribution is 0.112. The highest BCUT2D eigenvalue weighted by Gasteiger charge is 2.11. The molecule has 0 heterocycles. The fourth-order valence-corrected chi connectivity index (χ4v) is 2.66. The third-order valence-electron chi connectivity index (χ3n) is 4.20. The molecule has 3 aromatic rings. The second-order valence-electron chi connectivity index (χ2n) is 6.22. The lowest BCUT2D eigenvalue weighted by Gasteiger charge is -2.17. The Bertz CT molecular complexity index is 829. The van der Waals surface area contributed by atoms with Crippen LogP contribution in [0.2, 0.25) is 0 Å². The maximum atomic E-state index is 11.1. The van der Waals surface area contributed by atoms with Gasteiger partial charge in [-0.3, -0.25) is 4.79 Å². The molecule has 0 unspecified atom stereocenters. The van der Waals surface area contributed by atoms with Crippen LogP contribution in [0.25, 0.3) is 0 Å². The van der Waals surface area contributed by atoms with Gasteiger partial charge in [-0.25, -0.2) is 0 Å². The third kappa shape index (κ3) is 4.73. The zero-order valence-corrected chi connectivity index (χ0v) is 14.8. The van der Waals surface area contributed by atoms with E-state index in [0.29, 0.717) is 30.3 Å². The van der Waals surface area contributed by atoms with E-state index in [1.54, 1.807) is 18.2 Å². The van der Waals surface area contributed by atoms with Gasteiger partial charge in [-0.1, -0.05) is 67.6 Å². The van der Waals surface area contributed by atoms with Gasteiger partial charge in [-0.15, -0.1) is 0 Å². The summed E-state index contributed by atoms with van der Waals surface area (Å²) in [6, 6.07) is 25.4. The fourth-order valence-electron chi connectivity index (χ4n) is 2.66. The first-order chi connectivity index (χ1) is 12.8. The number of ether oxygens (including phenoxy) is 2. The Morgan fingerprint density at radius 2 is 1.54 bits per heavy atom. The predicted molar refractivity (Wildman–Crippen MR) is 103 cm³/mol. The minimum Gasteiger partial charge on any atom is -0.489 e. The second kappa shape index (κ2) is 8.86. The standard InChI is InChI=1S/C23H22O3/c1-18(21-10-6-3-7-11-21)16-25-22-13-12-20(15-24)14-23(22)26-17-19-8-4-2-5-9-19/h2-15,18H,16-17H2,1H3/t18-/m1/s1. The third-order valence-corrected chi connectivity index (χ3v) is 4.20. The normalized spacial score (nSPS) is 11.6. The Labute approximate surface area is 154 Å². The van der Waals surface area contributed by atoms with E-state index in [1.807, 2.05) is 48.5 Å². The average molecular weight is 346 g/mol. The second-order valence-corrected chi connectivity index (χ2v) is 6.22. The summed E-state index contributed by atoms with van der Waals surface area (Å²) in [5.41, 5.74) is 2.85. The lowest BCUT2D eigenvalue weighted by Crippen LogP contribution is -2.08. The van der Waals surface area contributed by atoms with E-state index in [9.17, 15) is 4.79 Å². The number of carbonyl (C=O) groups excluding carboxylic acids is 1. The largest absolute Gasteiger partial charge is 0.489 e. The first kappa shape index (κ1) is 17.7. The molecule has 0 aliphatic carbocycles. The molecule has 26 heavy (non-hydrogen) atoms. The molecule has 0 saturated heterocycles. The quantitative estimate of drug-likeness (QED) is 0.522. The molecular weight excluding hydrogens is 324 g/mol. The molecule has 0 aliphatic heterocycles. The smallest absolute Gasteiger partial charge is 0.162 e. The molecule has 3 rings (SSSR count). The molecule has 1 atom stereocenters. The number of benzene rings is 3. The van der Waals surface area contributed by atoms with Crippen molar-refractivity contribution >= 4 is 6.29 Å². The van der Waals surface area contributed by atoms with Gasteiger partial charge >= 0.3 is 0 Å². The summed E-state index contributed by atoms with van der Waals surface area (Å²) in [6.07, 6.45) is 0.811. The zero-order chi connectivity index (χ0) is 18.2. The SMILES string of the molecule is C[C@H](COc1ccc(C=O)cc1OCc1ccccc1)c1ccccc1. The van der Waals surface area contributed by atoms with Gasteiger partial charge in [0.05, 0.1) is 6.61 Å². The van der Waals surface area contributed by atoms with Crippen molar-refractivity contribution in [1.82, 2.24) is 0 Å². The van der Waals surface area contributed by atoms with Gasteiger partial charge in [0.15, 0.2) is 11.5 Å². The van der Waals surface area contributed by atoms with Gasteiger partial charge < -0.3 is 9.47 Å². The highest BCUT2D eigenvalue weighted by Crippen LogP contribution is 2.30. The molecule has 0 fully saturated rings. The highest BCUT2D eigenvalue weighted by atomic mass is 16.5. The molecule has 0 aromatic heterocycles. The van der Waals surface area contributed by atoms with Gasteiger partial charge in [0, 0.05) is 11.5 Å². The maximum Gasteiger partial charge on any atom is 0.162 e. The molecular formula is C23H22O3. The van der Waals surface area contributed by atoms with Gasteiger partial charge in [-0.2, -0.15) is 0 Å². The molecule has 0 saturated carbocycles. The summed E-state index contributed by atoms with van der Waals surface area (Å²) in [5, 5.41) is 0. The number of hydrogen-bond donors (Lipinski definition) is 0. The van der Waals surface area contributed by atoms with Crippen molar-refractivity contribution in [2.45, 2.75) is 19.4 Å². The summed E-state index contributed by atoms with van der Waals surface area (Å²) in [4.78, 5) is 11.1.